The number of benzene rings is 2. The minimum Gasteiger partial charge on any atom is -0.326 e. The highest BCUT2D eigenvalue weighted by atomic mass is 32.1. The number of para-hydroxylation sites is 1. The van der Waals surface area contributed by atoms with Crippen molar-refractivity contribution in [3.8, 4) is 10.6 Å². The Bertz CT molecular complexity index is 787. The second-order valence-electron chi connectivity index (χ2n) is 5.33. The van der Waals surface area contributed by atoms with Crippen LogP contribution in [0.5, 0.6) is 0 Å². The molecule has 2 aromatic carbocycles. The summed E-state index contributed by atoms with van der Waals surface area (Å²) in [6, 6.07) is 16.0. The summed E-state index contributed by atoms with van der Waals surface area (Å²) in [6.45, 7) is 0. The molecule has 3 nitrogen and oxygen atoms in total. The summed E-state index contributed by atoms with van der Waals surface area (Å²) in [5, 5.41) is 3.97. The number of aromatic nitrogens is 1. The molecule has 0 bridgehead atoms. The molecule has 0 aliphatic heterocycles. The van der Waals surface area contributed by atoms with Crippen molar-refractivity contribution in [2.45, 2.75) is 12.8 Å². The van der Waals surface area contributed by atoms with Crippen LogP contribution in [0.4, 0.5) is 5.69 Å². The zero-order valence-electron chi connectivity index (χ0n) is 11.4. The van der Waals surface area contributed by atoms with Crippen LogP contribution in [-0.4, -0.2) is 10.9 Å². The summed E-state index contributed by atoms with van der Waals surface area (Å²) in [6.07, 6.45) is 2.03. The number of carbonyl (C=O) groups is 1. The Hall–Kier alpha value is -2.20. The Balaban J connectivity index is 1.66. The van der Waals surface area contributed by atoms with Crippen molar-refractivity contribution in [3.63, 3.8) is 0 Å². The smallest absolute Gasteiger partial charge is 0.227 e. The van der Waals surface area contributed by atoms with Crippen LogP contribution in [0, 0.1) is 5.92 Å². The molecular weight excluding hydrogens is 280 g/mol. The van der Waals surface area contributed by atoms with Crippen molar-refractivity contribution in [3.05, 3.63) is 48.5 Å². The summed E-state index contributed by atoms with van der Waals surface area (Å²) in [5.74, 6) is 0.354. The molecule has 0 saturated heterocycles. The third kappa shape index (κ3) is 2.54. The molecule has 0 atom stereocenters. The Kier molecular flexibility index (Phi) is 2.97. The van der Waals surface area contributed by atoms with E-state index in [0.29, 0.717) is 0 Å². The number of carbonyl (C=O) groups excluding carboxylic acids is 1. The highest BCUT2D eigenvalue weighted by Gasteiger charge is 2.29. The Morgan fingerprint density at radius 2 is 2.00 bits per heavy atom. The SMILES string of the molecule is O=C(Nc1cccc(-c2nc3ccccc3s2)c1)C1CC1. The first kappa shape index (κ1) is 12.5. The van der Waals surface area contributed by atoms with Gasteiger partial charge in [0, 0.05) is 17.2 Å². The number of anilines is 1. The molecular formula is C17H14N2OS. The van der Waals surface area contributed by atoms with Gasteiger partial charge >= 0.3 is 0 Å². The molecule has 1 aromatic heterocycles. The number of rotatable bonds is 3. The van der Waals surface area contributed by atoms with Crippen LogP contribution in [0.1, 0.15) is 12.8 Å². The van der Waals surface area contributed by atoms with Gasteiger partial charge < -0.3 is 5.32 Å². The molecule has 1 aliphatic carbocycles. The Morgan fingerprint density at radius 1 is 1.14 bits per heavy atom. The molecule has 0 radical (unpaired) electrons. The van der Waals surface area contributed by atoms with Crippen LogP contribution in [0.3, 0.4) is 0 Å². The van der Waals surface area contributed by atoms with E-state index < -0.39 is 0 Å². The Labute approximate surface area is 126 Å². The summed E-state index contributed by atoms with van der Waals surface area (Å²) < 4.78 is 1.18. The topological polar surface area (TPSA) is 42.0 Å². The average molecular weight is 294 g/mol. The van der Waals surface area contributed by atoms with Crippen molar-refractivity contribution < 1.29 is 4.79 Å². The van der Waals surface area contributed by atoms with E-state index in [1.165, 1.54) is 4.70 Å². The molecule has 1 N–H and O–H groups in total. The zero-order chi connectivity index (χ0) is 14.2. The van der Waals surface area contributed by atoms with E-state index in [0.717, 1.165) is 34.6 Å². The number of nitrogens with one attached hydrogen (secondary N) is 1. The van der Waals surface area contributed by atoms with Crippen molar-refractivity contribution in [2.24, 2.45) is 5.92 Å². The summed E-state index contributed by atoms with van der Waals surface area (Å²) in [4.78, 5) is 16.5. The molecule has 104 valence electrons. The molecule has 0 spiro atoms. The number of fused-ring (bicyclic) bond motifs is 1. The average Bonchev–Trinajstić information content (AvgIpc) is 3.26. The van der Waals surface area contributed by atoms with E-state index in [-0.39, 0.29) is 11.8 Å². The molecule has 0 unspecified atom stereocenters. The molecule has 1 heterocycles. The number of hydrogen-bond acceptors (Lipinski definition) is 3. The highest BCUT2D eigenvalue weighted by molar-refractivity contribution is 7.21. The maximum atomic E-state index is 11.8. The van der Waals surface area contributed by atoms with Gasteiger partial charge in [0.05, 0.1) is 10.2 Å². The van der Waals surface area contributed by atoms with Gasteiger partial charge in [0.2, 0.25) is 5.91 Å². The summed E-state index contributed by atoms with van der Waals surface area (Å²) in [5.41, 5.74) is 2.92. The van der Waals surface area contributed by atoms with E-state index >= 15 is 0 Å². The second-order valence-corrected chi connectivity index (χ2v) is 6.36. The molecule has 1 amide bonds. The lowest BCUT2D eigenvalue weighted by Gasteiger charge is -2.05. The Morgan fingerprint density at radius 3 is 2.81 bits per heavy atom. The van der Waals surface area contributed by atoms with E-state index in [1.54, 1.807) is 11.3 Å². The number of thiazole rings is 1. The molecule has 21 heavy (non-hydrogen) atoms. The van der Waals surface area contributed by atoms with Gasteiger partial charge in [-0.15, -0.1) is 11.3 Å². The van der Waals surface area contributed by atoms with E-state index in [4.69, 9.17) is 0 Å². The molecule has 4 heteroatoms. The number of nitrogens with zero attached hydrogens (tertiary/aromatic N) is 1. The first-order chi connectivity index (χ1) is 10.3. The van der Waals surface area contributed by atoms with Crippen LogP contribution >= 0.6 is 11.3 Å². The quantitative estimate of drug-likeness (QED) is 0.782. The van der Waals surface area contributed by atoms with Gasteiger partial charge in [0.25, 0.3) is 0 Å². The fourth-order valence-corrected chi connectivity index (χ4v) is 3.28. The van der Waals surface area contributed by atoms with Gasteiger partial charge in [0.15, 0.2) is 0 Å². The molecule has 4 rings (SSSR count). The predicted octanol–water partition coefficient (Wildman–Crippen LogP) is 4.31. The van der Waals surface area contributed by atoms with Gasteiger partial charge in [-0.2, -0.15) is 0 Å². The van der Waals surface area contributed by atoms with Gasteiger partial charge in [0.1, 0.15) is 5.01 Å². The van der Waals surface area contributed by atoms with Gasteiger partial charge in [-0.3, -0.25) is 4.79 Å². The lowest BCUT2D eigenvalue weighted by atomic mass is 10.2. The largest absolute Gasteiger partial charge is 0.326 e. The van der Waals surface area contributed by atoms with E-state index in [9.17, 15) is 4.79 Å². The van der Waals surface area contributed by atoms with Crippen LogP contribution in [0.15, 0.2) is 48.5 Å². The van der Waals surface area contributed by atoms with Crippen molar-refractivity contribution in [2.75, 3.05) is 5.32 Å². The molecule has 1 aliphatic rings. The normalized spacial score (nSPS) is 14.3. The standard InChI is InChI=1S/C17H14N2OS/c20-16(11-8-9-11)18-13-5-3-4-12(10-13)17-19-14-6-1-2-7-15(14)21-17/h1-7,10-11H,8-9H2,(H,18,20). The van der Waals surface area contributed by atoms with Gasteiger partial charge in [-0.05, 0) is 37.1 Å². The highest BCUT2D eigenvalue weighted by Crippen LogP contribution is 2.33. The fraction of sp³-hybridized carbons (Fsp3) is 0.176. The summed E-state index contributed by atoms with van der Waals surface area (Å²) >= 11 is 1.67. The molecule has 1 saturated carbocycles. The van der Waals surface area contributed by atoms with Crippen molar-refractivity contribution >= 4 is 33.1 Å². The molecule has 1 fully saturated rings. The van der Waals surface area contributed by atoms with E-state index in [2.05, 4.69) is 16.4 Å². The zero-order valence-corrected chi connectivity index (χ0v) is 12.2. The lowest BCUT2D eigenvalue weighted by molar-refractivity contribution is -0.117. The lowest BCUT2D eigenvalue weighted by Crippen LogP contribution is -2.13. The van der Waals surface area contributed by atoms with Crippen LogP contribution in [-0.2, 0) is 4.79 Å². The fourth-order valence-electron chi connectivity index (χ4n) is 2.32. The van der Waals surface area contributed by atoms with Gasteiger partial charge in [-0.25, -0.2) is 4.98 Å². The maximum absolute atomic E-state index is 11.8. The second kappa shape index (κ2) is 4.97. The minimum absolute atomic E-state index is 0.136. The van der Waals surface area contributed by atoms with Crippen molar-refractivity contribution in [1.82, 2.24) is 4.98 Å². The monoisotopic (exact) mass is 294 g/mol. The number of amides is 1. The number of hydrogen-bond donors (Lipinski definition) is 1. The molecule has 3 aromatic rings. The first-order valence-corrected chi connectivity index (χ1v) is 7.88. The van der Waals surface area contributed by atoms with Crippen LogP contribution in [0.25, 0.3) is 20.8 Å². The first-order valence-electron chi connectivity index (χ1n) is 7.06. The van der Waals surface area contributed by atoms with Crippen LogP contribution in [0.2, 0.25) is 0 Å². The van der Waals surface area contributed by atoms with Gasteiger partial charge in [-0.1, -0.05) is 24.3 Å². The third-order valence-corrected chi connectivity index (χ3v) is 4.70. The van der Waals surface area contributed by atoms with E-state index in [1.807, 2.05) is 42.5 Å². The maximum Gasteiger partial charge on any atom is 0.227 e. The third-order valence-electron chi connectivity index (χ3n) is 3.62. The summed E-state index contributed by atoms with van der Waals surface area (Å²) in [7, 11) is 0. The minimum atomic E-state index is 0.136. The van der Waals surface area contributed by atoms with Crippen molar-refractivity contribution in [1.29, 1.82) is 0 Å². The van der Waals surface area contributed by atoms with Crippen LogP contribution < -0.4 is 5.32 Å². The predicted molar refractivity (Wildman–Crippen MR) is 86.4 cm³/mol.